The van der Waals surface area contributed by atoms with Crippen molar-refractivity contribution in [3.05, 3.63) is 34.0 Å². The van der Waals surface area contributed by atoms with E-state index in [4.69, 9.17) is 0 Å². The minimum Gasteiger partial charge on any atom is -0.307 e. The van der Waals surface area contributed by atoms with Crippen LogP contribution >= 0.6 is 11.3 Å². The largest absolute Gasteiger partial charge is 0.307 e. The molecule has 5 heteroatoms. The zero-order chi connectivity index (χ0) is 11.4. The van der Waals surface area contributed by atoms with E-state index in [1.807, 2.05) is 17.8 Å². The number of nitrogens with zero attached hydrogens (tertiary/aromatic N) is 3. The Bertz CT molecular complexity index is 446. The van der Waals surface area contributed by atoms with Gasteiger partial charge in [0.05, 0.1) is 16.9 Å². The highest BCUT2D eigenvalue weighted by Crippen LogP contribution is 2.07. The molecule has 0 spiro atoms. The van der Waals surface area contributed by atoms with Crippen molar-refractivity contribution in [3.8, 4) is 0 Å². The van der Waals surface area contributed by atoms with Crippen molar-refractivity contribution in [1.82, 2.24) is 20.1 Å². The summed E-state index contributed by atoms with van der Waals surface area (Å²) < 4.78 is 1.93. The van der Waals surface area contributed by atoms with Crippen molar-refractivity contribution in [3.63, 3.8) is 0 Å². The van der Waals surface area contributed by atoms with Crippen molar-refractivity contribution in [2.75, 3.05) is 0 Å². The third-order valence-electron chi connectivity index (χ3n) is 2.31. The number of aryl methyl sites for hydroxylation is 2. The molecule has 0 fully saturated rings. The Hall–Kier alpha value is -1.20. The average Bonchev–Trinajstić information content (AvgIpc) is 2.88. The molecule has 86 valence electrons. The van der Waals surface area contributed by atoms with Crippen molar-refractivity contribution in [2.24, 2.45) is 0 Å². The summed E-state index contributed by atoms with van der Waals surface area (Å²) in [6, 6.07) is 0. The maximum absolute atomic E-state index is 4.40. The van der Waals surface area contributed by atoms with Crippen molar-refractivity contribution >= 4 is 11.3 Å². The van der Waals surface area contributed by atoms with Gasteiger partial charge in [-0.2, -0.15) is 5.10 Å². The summed E-state index contributed by atoms with van der Waals surface area (Å²) in [5.41, 5.74) is 2.33. The Morgan fingerprint density at radius 3 is 2.94 bits per heavy atom. The van der Waals surface area contributed by atoms with E-state index in [-0.39, 0.29) is 0 Å². The maximum Gasteiger partial charge on any atom is 0.0897 e. The highest BCUT2D eigenvalue weighted by molar-refractivity contribution is 7.09. The zero-order valence-electron chi connectivity index (χ0n) is 9.60. The molecule has 0 aromatic carbocycles. The summed E-state index contributed by atoms with van der Waals surface area (Å²) in [7, 11) is 0. The molecule has 0 aliphatic carbocycles. The van der Waals surface area contributed by atoms with Crippen LogP contribution in [0.3, 0.4) is 0 Å². The van der Waals surface area contributed by atoms with Crippen LogP contribution in [0.1, 0.15) is 23.2 Å². The molecule has 0 saturated heterocycles. The van der Waals surface area contributed by atoms with Crippen LogP contribution in [0.4, 0.5) is 0 Å². The lowest BCUT2D eigenvalue weighted by Crippen LogP contribution is -2.12. The molecule has 2 aromatic rings. The van der Waals surface area contributed by atoms with Crippen molar-refractivity contribution < 1.29 is 0 Å². The third kappa shape index (κ3) is 2.90. The fourth-order valence-electron chi connectivity index (χ4n) is 1.49. The summed E-state index contributed by atoms with van der Waals surface area (Å²) in [6.45, 7) is 6.70. The second-order valence-electron chi connectivity index (χ2n) is 3.67. The van der Waals surface area contributed by atoms with Gasteiger partial charge in [0.25, 0.3) is 0 Å². The summed E-state index contributed by atoms with van der Waals surface area (Å²) in [5, 5.41) is 10.8. The normalized spacial score (nSPS) is 10.9. The lowest BCUT2D eigenvalue weighted by Gasteiger charge is -1.99. The molecule has 1 N–H and O–H groups in total. The molecule has 0 bridgehead atoms. The van der Waals surface area contributed by atoms with Crippen LogP contribution in [0.5, 0.6) is 0 Å². The van der Waals surface area contributed by atoms with Crippen LogP contribution in [0.2, 0.25) is 0 Å². The molecule has 0 atom stereocenters. The molecule has 0 amide bonds. The predicted molar refractivity (Wildman–Crippen MR) is 65.3 cm³/mol. The van der Waals surface area contributed by atoms with Gasteiger partial charge in [-0.25, -0.2) is 4.98 Å². The molecule has 0 radical (unpaired) electrons. The van der Waals surface area contributed by atoms with Gasteiger partial charge in [0.15, 0.2) is 0 Å². The number of nitrogens with one attached hydrogen (secondary N) is 1. The lowest BCUT2D eigenvalue weighted by atomic mass is 10.3. The van der Waals surface area contributed by atoms with Gasteiger partial charge >= 0.3 is 0 Å². The average molecular weight is 236 g/mol. The Labute approximate surface area is 99.3 Å². The number of hydrogen-bond donors (Lipinski definition) is 1. The molecule has 0 aliphatic rings. The highest BCUT2D eigenvalue weighted by atomic mass is 32.1. The Kier molecular flexibility index (Phi) is 3.69. The van der Waals surface area contributed by atoms with Gasteiger partial charge in [0, 0.05) is 36.8 Å². The van der Waals surface area contributed by atoms with Crippen LogP contribution in [-0.4, -0.2) is 14.8 Å². The van der Waals surface area contributed by atoms with Gasteiger partial charge in [-0.05, 0) is 13.8 Å². The van der Waals surface area contributed by atoms with Crippen LogP contribution in [0.15, 0.2) is 17.8 Å². The molecular formula is C11H16N4S. The zero-order valence-corrected chi connectivity index (χ0v) is 10.4. The van der Waals surface area contributed by atoms with E-state index < -0.39 is 0 Å². The van der Waals surface area contributed by atoms with E-state index in [1.54, 1.807) is 11.3 Å². The van der Waals surface area contributed by atoms with E-state index in [0.717, 1.165) is 30.3 Å². The summed E-state index contributed by atoms with van der Waals surface area (Å²) in [5.74, 6) is 0. The summed E-state index contributed by atoms with van der Waals surface area (Å²) in [4.78, 5) is 4.40. The lowest BCUT2D eigenvalue weighted by molar-refractivity contribution is 0.654. The molecular weight excluding hydrogens is 220 g/mol. The van der Waals surface area contributed by atoms with E-state index >= 15 is 0 Å². The van der Waals surface area contributed by atoms with E-state index in [1.165, 1.54) is 5.56 Å². The highest BCUT2D eigenvalue weighted by Gasteiger charge is 1.99. The number of thiazole rings is 1. The number of rotatable bonds is 5. The molecule has 2 rings (SSSR count). The van der Waals surface area contributed by atoms with Crippen molar-refractivity contribution in [2.45, 2.75) is 33.5 Å². The van der Waals surface area contributed by atoms with Gasteiger partial charge in [-0.3, -0.25) is 4.68 Å². The fraction of sp³-hybridized carbons (Fsp3) is 0.455. The van der Waals surface area contributed by atoms with Crippen LogP contribution in [-0.2, 0) is 19.6 Å². The van der Waals surface area contributed by atoms with E-state index in [2.05, 4.69) is 33.9 Å². The van der Waals surface area contributed by atoms with E-state index in [9.17, 15) is 0 Å². The minimum absolute atomic E-state index is 0.821. The quantitative estimate of drug-likeness (QED) is 0.863. The van der Waals surface area contributed by atoms with Crippen molar-refractivity contribution in [1.29, 1.82) is 0 Å². The topological polar surface area (TPSA) is 42.7 Å². The number of aromatic nitrogens is 3. The standard InChI is InChI=1S/C11H16N4S/c1-3-15-7-10(5-13-15)4-12-6-11-8-16-9(2)14-11/h5,7-8,12H,3-4,6H2,1-2H3. The molecule has 0 unspecified atom stereocenters. The second-order valence-corrected chi connectivity index (χ2v) is 4.73. The van der Waals surface area contributed by atoms with Gasteiger partial charge < -0.3 is 5.32 Å². The van der Waals surface area contributed by atoms with Crippen LogP contribution < -0.4 is 5.32 Å². The second kappa shape index (κ2) is 5.23. The minimum atomic E-state index is 0.821. The fourth-order valence-corrected chi connectivity index (χ4v) is 2.11. The first-order valence-corrected chi connectivity index (χ1v) is 6.29. The predicted octanol–water partition coefficient (Wildman–Crippen LogP) is 1.96. The first kappa shape index (κ1) is 11.3. The monoisotopic (exact) mass is 236 g/mol. The van der Waals surface area contributed by atoms with Gasteiger partial charge in [0.1, 0.15) is 0 Å². The summed E-state index contributed by atoms with van der Waals surface area (Å²) >= 11 is 1.69. The molecule has 2 aromatic heterocycles. The molecule has 0 aliphatic heterocycles. The molecule has 16 heavy (non-hydrogen) atoms. The van der Waals surface area contributed by atoms with E-state index in [0.29, 0.717) is 0 Å². The number of hydrogen-bond acceptors (Lipinski definition) is 4. The first-order valence-electron chi connectivity index (χ1n) is 5.41. The molecule has 2 heterocycles. The van der Waals surface area contributed by atoms with Gasteiger partial charge in [0.2, 0.25) is 0 Å². The SMILES string of the molecule is CCn1cc(CNCc2csc(C)n2)cn1. The Morgan fingerprint density at radius 1 is 1.44 bits per heavy atom. The molecule has 4 nitrogen and oxygen atoms in total. The molecule has 0 saturated carbocycles. The Balaban J connectivity index is 1.79. The first-order chi connectivity index (χ1) is 7.78. The van der Waals surface area contributed by atoms with Crippen LogP contribution in [0.25, 0.3) is 0 Å². The smallest absolute Gasteiger partial charge is 0.0897 e. The van der Waals surface area contributed by atoms with Gasteiger partial charge in [-0.1, -0.05) is 0 Å². The van der Waals surface area contributed by atoms with Gasteiger partial charge in [-0.15, -0.1) is 11.3 Å². The maximum atomic E-state index is 4.40. The Morgan fingerprint density at radius 2 is 2.31 bits per heavy atom. The summed E-state index contributed by atoms with van der Waals surface area (Å²) in [6.07, 6.45) is 3.97. The van der Waals surface area contributed by atoms with Crippen LogP contribution in [0, 0.1) is 6.92 Å². The third-order valence-corrected chi connectivity index (χ3v) is 3.13.